The molecule has 0 saturated carbocycles. The molecule has 27 heavy (non-hydrogen) atoms. The van der Waals surface area contributed by atoms with Crippen molar-refractivity contribution >= 4 is 11.3 Å². The number of aliphatic hydroxyl groups excluding tert-OH is 1. The van der Waals surface area contributed by atoms with Crippen molar-refractivity contribution in [2.45, 2.75) is 45.3 Å². The Balaban J connectivity index is 1.42. The lowest BCUT2D eigenvalue weighted by Gasteiger charge is -2.28. The lowest BCUT2D eigenvalue weighted by molar-refractivity contribution is 0.0614. The second kappa shape index (κ2) is 10.8. The number of piperidine rings is 1. The average Bonchev–Trinajstić information content (AvgIpc) is 3.10. The summed E-state index contributed by atoms with van der Waals surface area (Å²) < 4.78 is 5.94. The summed E-state index contributed by atoms with van der Waals surface area (Å²) in [4.78, 5) is 7.97. The second-order valence-electron chi connectivity index (χ2n) is 7.22. The van der Waals surface area contributed by atoms with Gasteiger partial charge in [-0.25, -0.2) is 4.98 Å². The molecule has 0 spiro atoms. The van der Waals surface area contributed by atoms with E-state index in [1.54, 1.807) is 11.3 Å². The zero-order valence-electron chi connectivity index (χ0n) is 16.2. The van der Waals surface area contributed by atoms with Crippen LogP contribution < -0.4 is 10.1 Å². The Bertz CT molecular complexity index is 686. The first-order valence-electron chi connectivity index (χ1n) is 9.93. The first-order valence-corrected chi connectivity index (χ1v) is 10.8. The van der Waals surface area contributed by atoms with E-state index in [-0.39, 0.29) is 0 Å². The van der Waals surface area contributed by atoms with Crippen LogP contribution in [0, 0.1) is 6.92 Å². The molecule has 1 aliphatic rings. The number of benzene rings is 1. The van der Waals surface area contributed by atoms with Gasteiger partial charge in [0, 0.05) is 30.1 Å². The van der Waals surface area contributed by atoms with Crippen molar-refractivity contribution in [1.29, 1.82) is 0 Å². The fourth-order valence-corrected chi connectivity index (χ4v) is 4.24. The van der Waals surface area contributed by atoms with Crippen LogP contribution in [0.2, 0.25) is 0 Å². The molecule has 0 radical (unpaired) electrons. The molecule has 0 aliphatic carbocycles. The van der Waals surface area contributed by atoms with Gasteiger partial charge < -0.3 is 20.1 Å². The van der Waals surface area contributed by atoms with Crippen LogP contribution in [0.15, 0.2) is 29.8 Å². The van der Waals surface area contributed by atoms with Crippen LogP contribution in [0.1, 0.15) is 35.4 Å². The molecule has 1 aliphatic heterocycles. The summed E-state index contributed by atoms with van der Waals surface area (Å²) in [5.74, 6) is 0.858. The highest BCUT2D eigenvalue weighted by Gasteiger charge is 2.15. The number of para-hydroxylation sites is 1. The number of hydrogen-bond donors (Lipinski definition) is 2. The van der Waals surface area contributed by atoms with Gasteiger partial charge in [-0.05, 0) is 45.3 Å². The van der Waals surface area contributed by atoms with Crippen LogP contribution in [0.25, 0.3) is 0 Å². The van der Waals surface area contributed by atoms with Crippen molar-refractivity contribution in [3.05, 3.63) is 45.9 Å². The fourth-order valence-electron chi connectivity index (χ4n) is 3.46. The maximum atomic E-state index is 10.3. The molecule has 1 aromatic heterocycles. The van der Waals surface area contributed by atoms with Crippen molar-refractivity contribution in [2.24, 2.45) is 0 Å². The van der Waals surface area contributed by atoms with Crippen LogP contribution in [-0.4, -0.2) is 53.9 Å². The molecular formula is C21H31N3O2S. The number of ether oxygens (including phenoxy) is 1. The summed E-state index contributed by atoms with van der Waals surface area (Å²) in [5, 5.41) is 13.8. The molecule has 2 aromatic rings. The topological polar surface area (TPSA) is 57.6 Å². The quantitative estimate of drug-likeness (QED) is 0.612. The molecule has 2 N–H and O–H groups in total. The van der Waals surface area contributed by atoms with E-state index in [0.29, 0.717) is 13.2 Å². The molecule has 2 heterocycles. The zero-order chi connectivity index (χ0) is 18.9. The van der Waals surface area contributed by atoms with Crippen molar-refractivity contribution in [2.75, 3.05) is 32.8 Å². The average molecular weight is 390 g/mol. The predicted octanol–water partition coefficient (Wildman–Crippen LogP) is 3.01. The number of β-amino-alcohol motifs (C(OH)–C–C–N with tert-alkyl or cyclic N) is 1. The lowest BCUT2D eigenvalue weighted by Crippen LogP contribution is -2.38. The summed E-state index contributed by atoms with van der Waals surface area (Å²) in [6.07, 6.45) is 4.34. The highest BCUT2D eigenvalue weighted by Crippen LogP contribution is 2.19. The zero-order valence-corrected chi connectivity index (χ0v) is 17.0. The molecule has 0 unspecified atom stereocenters. The Morgan fingerprint density at radius 1 is 1.26 bits per heavy atom. The third kappa shape index (κ3) is 6.57. The largest absolute Gasteiger partial charge is 0.491 e. The summed E-state index contributed by atoms with van der Waals surface area (Å²) in [7, 11) is 0. The number of nitrogens with one attached hydrogen (secondary N) is 1. The SMILES string of the molecule is Cc1ncsc1CCNCc1ccccc1OC[C@@H](O)CN1CCCCC1. The predicted molar refractivity (Wildman–Crippen MR) is 110 cm³/mol. The number of rotatable bonds is 10. The van der Waals surface area contributed by atoms with Crippen molar-refractivity contribution in [3.8, 4) is 5.75 Å². The minimum Gasteiger partial charge on any atom is -0.491 e. The molecular weight excluding hydrogens is 358 g/mol. The van der Waals surface area contributed by atoms with Gasteiger partial charge in [-0.2, -0.15) is 0 Å². The number of nitrogens with zero attached hydrogens (tertiary/aromatic N) is 2. The molecule has 6 heteroatoms. The van der Waals surface area contributed by atoms with Crippen LogP contribution in [0.4, 0.5) is 0 Å². The minimum absolute atomic E-state index is 0.341. The Hall–Kier alpha value is -1.47. The van der Waals surface area contributed by atoms with Crippen molar-refractivity contribution in [3.63, 3.8) is 0 Å². The van der Waals surface area contributed by atoms with E-state index in [0.717, 1.165) is 49.6 Å². The van der Waals surface area contributed by atoms with E-state index in [1.807, 2.05) is 23.7 Å². The smallest absolute Gasteiger partial charge is 0.123 e. The maximum Gasteiger partial charge on any atom is 0.123 e. The Morgan fingerprint density at radius 2 is 2.07 bits per heavy atom. The van der Waals surface area contributed by atoms with Gasteiger partial charge in [0.05, 0.1) is 11.2 Å². The molecule has 1 aromatic carbocycles. The van der Waals surface area contributed by atoms with Gasteiger partial charge in [0.1, 0.15) is 18.5 Å². The highest BCUT2D eigenvalue weighted by atomic mass is 32.1. The third-order valence-electron chi connectivity index (χ3n) is 5.01. The van der Waals surface area contributed by atoms with Crippen molar-refractivity contribution in [1.82, 2.24) is 15.2 Å². The van der Waals surface area contributed by atoms with Gasteiger partial charge >= 0.3 is 0 Å². The molecule has 5 nitrogen and oxygen atoms in total. The second-order valence-corrected chi connectivity index (χ2v) is 8.16. The molecule has 3 rings (SSSR count). The highest BCUT2D eigenvalue weighted by molar-refractivity contribution is 7.09. The number of hydrogen-bond acceptors (Lipinski definition) is 6. The molecule has 0 bridgehead atoms. The van der Waals surface area contributed by atoms with E-state index in [2.05, 4.69) is 28.2 Å². The molecule has 148 valence electrons. The number of thiazole rings is 1. The van der Waals surface area contributed by atoms with Gasteiger partial charge in [-0.3, -0.25) is 0 Å². The van der Waals surface area contributed by atoms with Gasteiger partial charge in [0.15, 0.2) is 0 Å². The summed E-state index contributed by atoms with van der Waals surface area (Å²) in [5.41, 5.74) is 4.17. The summed E-state index contributed by atoms with van der Waals surface area (Å²) in [6.45, 7) is 6.96. The van der Waals surface area contributed by atoms with Crippen LogP contribution >= 0.6 is 11.3 Å². The Labute approximate surface area is 166 Å². The van der Waals surface area contributed by atoms with E-state index >= 15 is 0 Å². The fraction of sp³-hybridized carbons (Fsp3) is 0.571. The van der Waals surface area contributed by atoms with Crippen molar-refractivity contribution < 1.29 is 9.84 Å². The van der Waals surface area contributed by atoms with E-state index < -0.39 is 6.10 Å². The monoisotopic (exact) mass is 389 g/mol. The number of aromatic nitrogens is 1. The van der Waals surface area contributed by atoms with Crippen LogP contribution in [0.5, 0.6) is 5.75 Å². The number of aliphatic hydroxyl groups is 1. The third-order valence-corrected chi connectivity index (χ3v) is 6.01. The van der Waals surface area contributed by atoms with Gasteiger partial charge in [0.25, 0.3) is 0 Å². The van der Waals surface area contributed by atoms with Gasteiger partial charge in [-0.15, -0.1) is 11.3 Å². The Kier molecular flexibility index (Phi) is 8.08. The first-order chi connectivity index (χ1) is 13.2. The van der Waals surface area contributed by atoms with Gasteiger partial charge in [0.2, 0.25) is 0 Å². The van der Waals surface area contributed by atoms with E-state index in [4.69, 9.17) is 4.74 Å². The normalized spacial score (nSPS) is 16.4. The lowest BCUT2D eigenvalue weighted by atomic mass is 10.1. The molecule has 1 atom stereocenters. The molecule has 1 fully saturated rings. The van der Waals surface area contributed by atoms with Gasteiger partial charge in [-0.1, -0.05) is 24.6 Å². The first kappa shape index (κ1) is 20.3. The summed E-state index contributed by atoms with van der Waals surface area (Å²) in [6, 6.07) is 8.08. The summed E-state index contributed by atoms with van der Waals surface area (Å²) >= 11 is 1.72. The van der Waals surface area contributed by atoms with E-state index in [1.165, 1.54) is 24.1 Å². The Morgan fingerprint density at radius 3 is 2.85 bits per heavy atom. The number of likely N-dealkylation sites (tertiary alicyclic amines) is 1. The van der Waals surface area contributed by atoms with Crippen LogP contribution in [-0.2, 0) is 13.0 Å². The number of aryl methyl sites for hydroxylation is 1. The van der Waals surface area contributed by atoms with Crippen LogP contribution in [0.3, 0.4) is 0 Å². The van der Waals surface area contributed by atoms with E-state index in [9.17, 15) is 5.11 Å². The minimum atomic E-state index is -0.446. The molecule has 0 amide bonds. The standard InChI is InChI=1S/C21H31N3O2S/c1-17-21(27-16-23-17)9-10-22-13-18-7-3-4-8-20(18)26-15-19(25)14-24-11-5-2-6-12-24/h3-4,7-8,16,19,22,25H,2,5-6,9-15H2,1H3/t19-/m0/s1. The maximum absolute atomic E-state index is 10.3. The molecule has 1 saturated heterocycles.